The molecule has 5 unspecified atom stereocenters. The highest BCUT2D eigenvalue weighted by molar-refractivity contribution is 6.40. The SMILES string of the molecule is Cc1cc(C(=O)NC(Cc2ccccc2)C(=O)C(N)=O)n(-c2ccccc2)n1.NC(=O)C(=O)C(Cc1ccccc1)NC(=O)c1cc(C2CC2)nn1-c1ccccc1.NC(=O)C(=O)C(Cc1ccccc1)NC(=O)c1cc2ccccc2n1-c1ccccc1.NC(=O)C(=O)C(Cc1ccccc1)NC(=O)c1conc1-c1ccccc1.NC(=O)C(=O)C(Cc1ccccc1)NC(=O)c1ocnc1-c1ccccc1. The first kappa shape index (κ1) is 101. The Labute approximate surface area is 818 Å². The number of amides is 10. The molecule has 15 N–H and O–H groups in total. The van der Waals surface area contributed by atoms with Crippen molar-refractivity contribution in [1.82, 2.24) is 60.9 Å². The van der Waals surface area contributed by atoms with Crippen molar-refractivity contribution in [3.05, 3.63) is 426 Å². The molecule has 1 aliphatic rings. The third kappa shape index (κ3) is 27.6. The lowest BCUT2D eigenvalue weighted by Gasteiger charge is -2.17. The number of nitrogens with one attached hydrogen (secondary N) is 5. The minimum absolute atomic E-state index is 0.0449. The molecule has 10 amide bonds. The molecule has 143 heavy (non-hydrogen) atoms. The predicted molar refractivity (Wildman–Crippen MR) is 529 cm³/mol. The van der Waals surface area contributed by atoms with Crippen molar-refractivity contribution >= 4 is 98.9 Å². The highest BCUT2D eigenvalue weighted by atomic mass is 16.5. The molecule has 11 aromatic carbocycles. The van der Waals surface area contributed by atoms with Crippen LogP contribution in [0.15, 0.2) is 367 Å². The first-order valence-electron chi connectivity index (χ1n) is 45.0. The number of nitrogens with zero attached hydrogens (tertiary/aromatic N) is 7. The third-order valence-corrected chi connectivity index (χ3v) is 22.4. The minimum Gasteiger partial charge on any atom is -0.438 e. The highest BCUT2D eigenvalue weighted by Gasteiger charge is 2.36. The van der Waals surface area contributed by atoms with E-state index in [9.17, 15) is 71.9 Å². The summed E-state index contributed by atoms with van der Waals surface area (Å²) in [5.41, 5.74) is 37.7. The van der Waals surface area contributed by atoms with E-state index >= 15 is 0 Å². The Balaban J connectivity index is 0.000000150. The average Bonchev–Trinajstić information content (AvgIpc) is 1.63. The molecule has 34 heteroatoms. The van der Waals surface area contributed by atoms with Crippen molar-refractivity contribution < 1.29 is 80.9 Å². The maximum absolute atomic E-state index is 13.3. The molecule has 1 fully saturated rings. The summed E-state index contributed by atoms with van der Waals surface area (Å²) >= 11 is 0. The average molecular weight is 1920 g/mol. The smallest absolute Gasteiger partial charge is 0.289 e. The number of benzene rings is 11. The van der Waals surface area contributed by atoms with E-state index in [2.05, 4.69) is 46.9 Å². The van der Waals surface area contributed by atoms with Crippen molar-refractivity contribution in [3.8, 4) is 39.6 Å². The number of para-hydroxylation sites is 4. The van der Waals surface area contributed by atoms with E-state index in [1.54, 1.807) is 127 Å². The number of carbonyl (C=O) groups excluding carboxylic acids is 15. The molecule has 720 valence electrons. The molecule has 5 aromatic heterocycles. The Morgan fingerprint density at radius 2 is 0.643 bits per heavy atom. The summed E-state index contributed by atoms with van der Waals surface area (Å²) in [6.45, 7) is 1.77. The number of fused-ring (bicyclic) bond motifs is 1. The number of hydrogen-bond acceptors (Lipinski definition) is 21. The van der Waals surface area contributed by atoms with Gasteiger partial charge < -0.3 is 68.8 Å². The van der Waals surface area contributed by atoms with Gasteiger partial charge >= 0.3 is 0 Å². The maximum atomic E-state index is 13.3. The fraction of sp³-hybridized carbons (Fsp3) is 0.128. The Bertz CT molecular complexity index is 7050. The van der Waals surface area contributed by atoms with Gasteiger partial charge in [0.1, 0.15) is 70.5 Å². The third-order valence-electron chi connectivity index (χ3n) is 22.4. The summed E-state index contributed by atoms with van der Waals surface area (Å²) in [7, 11) is 0. The van der Waals surface area contributed by atoms with Crippen molar-refractivity contribution in [2.45, 2.75) is 88.0 Å². The molecule has 0 spiro atoms. The highest BCUT2D eigenvalue weighted by Crippen LogP contribution is 2.40. The van der Waals surface area contributed by atoms with Crippen LogP contribution in [0.2, 0.25) is 0 Å². The summed E-state index contributed by atoms with van der Waals surface area (Å²) in [5, 5.41) is 26.9. The fourth-order valence-corrected chi connectivity index (χ4v) is 15.2. The molecule has 17 rings (SSSR count). The summed E-state index contributed by atoms with van der Waals surface area (Å²) in [4.78, 5) is 188. The van der Waals surface area contributed by atoms with Crippen LogP contribution >= 0.6 is 0 Å². The van der Waals surface area contributed by atoms with Gasteiger partial charge in [0.2, 0.25) is 34.7 Å². The lowest BCUT2D eigenvalue weighted by atomic mass is 10.0. The van der Waals surface area contributed by atoms with Crippen LogP contribution in [0.25, 0.3) is 50.5 Å². The van der Waals surface area contributed by atoms with Gasteiger partial charge in [-0.1, -0.05) is 290 Å². The number of aryl methyl sites for hydroxylation is 1. The van der Waals surface area contributed by atoms with Gasteiger partial charge in [-0.3, -0.25) is 71.9 Å². The second-order valence-corrected chi connectivity index (χ2v) is 32.7. The van der Waals surface area contributed by atoms with Gasteiger partial charge in [-0.2, -0.15) is 10.2 Å². The molecule has 34 nitrogen and oxygen atoms in total. The Morgan fingerprint density at radius 3 is 1.01 bits per heavy atom. The largest absolute Gasteiger partial charge is 0.438 e. The van der Waals surface area contributed by atoms with Crippen LogP contribution in [0.4, 0.5) is 0 Å². The van der Waals surface area contributed by atoms with Gasteiger partial charge in [0, 0.05) is 60.2 Å². The van der Waals surface area contributed by atoms with E-state index in [4.69, 9.17) is 37.6 Å². The number of hydrogen-bond donors (Lipinski definition) is 10. The van der Waals surface area contributed by atoms with E-state index in [1.165, 1.54) is 10.9 Å². The van der Waals surface area contributed by atoms with E-state index in [1.807, 2.05) is 235 Å². The quantitative estimate of drug-likeness (QED) is 0.0163. The lowest BCUT2D eigenvalue weighted by Crippen LogP contribution is -2.47. The number of carbonyl (C=O) groups is 15. The van der Waals surface area contributed by atoms with Crippen LogP contribution < -0.4 is 55.3 Å². The minimum atomic E-state index is -1.11. The number of oxazole rings is 1. The lowest BCUT2D eigenvalue weighted by molar-refractivity contribution is -0.137. The molecule has 5 heterocycles. The number of aromatic nitrogens is 7. The fourth-order valence-electron chi connectivity index (χ4n) is 15.2. The molecule has 0 saturated heterocycles. The maximum Gasteiger partial charge on any atom is 0.289 e. The Morgan fingerprint density at radius 1 is 0.336 bits per heavy atom. The summed E-state index contributed by atoms with van der Waals surface area (Å²) < 4.78 is 15.1. The zero-order chi connectivity index (χ0) is 101. The second kappa shape index (κ2) is 49.0. The van der Waals surface area contributed by atoms with Crippen LogP contribution in [0.1, 0.15) is 110 Å². The topological polar surface area (TPSA) is 539 Å². The normalized spacial score (nSPS) is 12.1. The van der Waals surface area contributed by atoms with Crippen LogP contribution in [0.5, 0.6) is 0 Å². The summed E-state index contributed by atoms with van der Waals surface area (Å²) in [6.07, 6.45) is 5.21. The molecule has 1 aliphatic carbocycles. The van der Waals surface area contributed by atoms with Crippen molar-refractivity contribution in [3.63, 3.8) is 0 Å². The number of ketones is 5. The monoisotopic (exact) mass is 1920 g/mol. The molecule has 1 saturated carbocycles. The number of rotatable bonds is 36. The summed E-state index contributed by atoms with van der Waals surface area (Å²) in [6, 6.07) is 98.9. The summed E-state index contributed by atoms with van der Waals surface area (Å²) in [5.74, 6) is -12.1. The van der Waals surface area contributed by atoms with Gasteiger partial charge in [0.15, 0.2) is 6.39 Å². The van der Waals surface area contributed by atoms with Gasteiger partial charge in [-0.15, -0.1) is 0 Å². The van der Waals surface area contributed by atoms with Crippen molar-refractivity contribution in [2.75, 3.05) is 0 Å². The van der Waals surface area contributed by atoms with Gasteiger partial charge in [-0.05, 0) is 108 Å². The van der Waals surface area contributed by atoms with Crippen LogP contribution in [-0.4, -0.2) is 152 Å². The van der Waals surface area contributed by atoms with Gasteiger partial charge in [-0.25, -0.2) is 14.3 Å². The first-order chi connectivity index (χ1) is 69.1. The zero-order valence-corrected chi connectivity index (χ0v) is 76.9. The second-order valence-electron chi connectivity index (χ2n) is 32.7. The van der Waals surface area contributed by atoms with E-state index in [-0.39, 0.29) is 49.1 Å². The zero-order valence-electron chi connectivity index (χ0n) is 76.9. The number of Topliss-reactive ketones (excluding diaryl/α,β-unsaturated/α-hetero) is 5. The van der Waals surface area contributed by atoms with Gasteiger partial charge in [0.05, 0.1) is 28.3 Å². The van der Waals surface area contributed by atoms with Crippen molar-refractivity contribution in [2.24, 2.45) is 28.7 Å². The van der Waals surface area contributed by atoms with E-state index in [0.717, 1.165) is 75.0 Å². The number of primary amides is 5. The van der Waals surface area contributed by atoms with E-state index < -0.39 is 118 Å². The van der Waals surface area contributed by atoms with Crippen LogP contribution in [0, 0.1) is 6.92 Å². The van der Waals surface area contributed by atoms with Crippen LogP contribution in [-0.2, 0) is 80.0 Å². The molecule has 0 aliphatic heterocycles. The molecule has 0 radical (unpaired) electrons. The molecule has 16 aromatic rings. The van der Waals surface area contributed by atoms with E-state index in [0.29, 0.717) is 51.2 Å². The standard InChI is InChI=1S/C25H21N3O3.C23H22N4O3.C21H20N4O3.2C20H17N3O4/c26-24(30)23(29)20(15-17-9-3-1-4-10-17)27-25(31)22-16-18-11-7-8-14-21(18)28(22)19-12-5-2-6-13-19;24-22(29)21(28)19(13-15-7-3-1-4-8-15)25-23(30)20-14-18(16-11-12-16)26-27(20)17-9-5-2-6-10-17;1-14-12-18(25(24-14)16-10-6-3-7-11-16)21(28)23-17(19(26)20(22)27)13-15-8-4-2-5-9-15;21-19(25)18(24)16(11-13-7-3-1-4-8-13)22-20(26)15-12-27-23-17(15)14-9-5-2-6-10-14;21-19(25)17(24)15(11-13-7-3-1-4-8-13)23-20(26)18-16(22-12-27-18)14-9-5-2-6-10-14/h1-14,16,20H,15H2,(H2,26,30)(H,27,31);1-10,14,16,19H,11-13H2,(H2,24,29)(H,25,30);2-12,17H,13H2,1H3,(H2,22,27)(H,23,28);1-10,12,16H,11H2,(H2,21,25)(H,22,26);1-10,12,15H,11H2,(H2,21,25)(H,23,26). The number of nitrogens with two attached hydrogens (primary N) is 5. The Kier molecular flexibility index (Phi) is 34.7. The molecule has 5 atom stereocenters. The van der Waals surface area contributed by atoms with Crippen LogP contribution in [0.3, 0.4) is 0 Å². The predicted octanol–water partition coefficient (Wildman–Crippen LogP) is 10.2. The molecular weight excluding hydrogens is 1820 g/mol. The van der Waals surface area contributed by atoms with Gasteiger partial charge in [0.25, 0.3) is 59.1 Å². The van der Waals surface area contributed by atoms with Crippen molar-refractivity contribution in [1.29, 1.82) is 0 Å². The Hall–Kier alpha value is -19.2. The molecular formula is C109H97N17O17. The molecule has 0 bridgehead atoms. The first-order valence-corrected chi connectivity index (χ1v) is 45.0.